The van der Waals surface area contributed by atoms with Crippen LogP contribution >= 0.6 is 27.3 Å². The third-order valence-electron chi connectivity index (χ3n) is 2.94. The van der Waals surface area contributed by atoms with Gasteiger partial charge < -0.3 is 10.2 Å². The molecule has 0 saturated heterocycles. The van der Waals surface area contributed by atoms with Gasteiger partial charge in [0.25, 0.3) is 0 Å². The fraction of sp³-hybridized carbons (Fsp3) is 0.692. The van der Waals surface area contributed by atoms with E-state index in [9.17, 15) is 8.42 Å². The smallest absolute Gasteiger partial charge is 0.245 e. The maximum absolute atomic E-state index is 12.8. The molecule has 0 aliphatic rings. The summed E-state index contributed by atoms with van der Waals surface area (Å²) in [5.41, 5.74) is 0. The van der Waals surface area contributed by atoms with Crippen molar-refractivity contribution in [3.8, 4) is 0 Å². The molecule has 0 saturated carbocycles. The second-order valence-corrected chi connectivity index (χ2v) is 9.45. The summed E-state index contributed by atoms with van der Waals surface area (Å²) in [5.74, 6) is 0. The van der Waals surface area contributed by atoms with Crippen LogP contribution in [-0.2, 0) is 16.6 Å². The summed E-state index contributed by atoms with van der Waals surface area (Å²) in [6.07, 6.45) is 0.803. The maximum Gasteiger partial charge on any atom is 0.245 e. The summed E-state index contributed by atoms with van der Waals surface area (Å²) in [4.78, 5) is 3.38. The average Bonchev–Trinajstić information content (AvgIpc) is 2.76. The van der Waals surface area contributed by atoms with Crippen LogP contribution in [0.5, 0.6) is 0 Å². The van der Waals surface area contributed by atoms with E-state index in [1.54, 1.807) is 10.4 Å². The van der Waals surface area contributed by atoms with Crippen molar-refractivity contribution in [3.05, 3.63) is 14.7 Å². The number of nitrogens with zero attached hydrogens (tertiary/aromatic N) is 2. The zero-order valence-corrected chi connectivity index (χ0v) is 16.2. The van der Waals surface area contributed by atoms with Crippen molar-refractivity contribution < 1.29 is 8.42 Å². The second kappa shape index (κ2) is 8.59. The quantitative estimate of drug-likeness (QED) is 0.693. The molecule has 122 valence electrons. The molecule has 5 nitrogen and oxygen atoms in total. The number of sulfonamides is 1. The monoisotopic (exact) mass is 397 g/mol. The van der Waals surface area contributed by atoms with Gasteiger partial charge in [-0.15, -0.1) is 11.3 Å². The van der Waals surface area contributed by atoms with E-state index in [-0.39, 0.29) is 0 Å². The number of rotatable bonds is 9. The van der Waals surface area contributed by atoms with Gasteiger partial charge in [0.15, 0.2) is 0 Å². The number of hydrogen-bond acceptors (Lipinski definition) is 5. The van der Waals surface area contributed by atoms with Gasteiger partial charge in [-0.25, -0.2) is 8.42 Å². The lowest BCUT2D eigenvalue weighted by atomic mass is 10.4. The summed E-state index contributed by atoms with van der Waals surface area (Å²) in [6.45, 7) is 4.43. The minimum absolute atomic E-state index is 0.380. The van der Waals surface area contributed by atoms with Crippen LogP contribution in [0.15, 0.2) is 14.7 Å². The molecule has 0 bridgehead atoms. The third kappa shape index (κ3) is 5.30. The highest BCUT2D eigenvalue weighted by Crippen LogP contribution is 2.33. The summed E-state index contributed by atoms with van der Waals surface area (Å²) in [6, 6.07) is 1.76. The molecule has 0 fully saturated rings. The van der Waals surface area contributed by atoms with Crippen molar-refractivity contribution >= 4 is 37.3 Å². The van der Waals surface area contributed by atoms with E-state index in [2.05, 4.69) is 21.2 Å². The molecule has 1 aromatic rings. The largest absolute Gasteiger partial charge is 0.315 e. The molecule has 0 radical (unpaired) electrons. The number of thiophene rings is 1. The summed E-state index contributed by atoms with van der Waals surface area (Å²) in [7, 11) is 2.30. The van der Waals surface area contributed by atoms with Crippen molar-refractivity contribution in [1.82, 2.24) is 14.5 Å². The molecule has 8 heteroatoms. The number of halogens is 1. The predicted octanol–water partition coefficient (Wildman–Crippen LogP) is 2.19. The number of likely N-dealkylation sites (N-methyl/N-ethyl adjacent to an activating group) is 1. The molecule has 1 N–H and O–H groups in total. The highest BCUT2D eigenvalue weighted by atomic mass is 79.9. The Hall–Kier alpha value is 0.01000. The van der Waals surface area contributed by atoms with Crippen LogP contribution < -0.4 is 5.32 Å². The van der Waals surface area contributed by atoms with E-state index in [4.69, 9.17) is 0 Å². The van der Waals surface area contributed by atoms with Gasteiger partial charge in [0, 0.05) is 31.1 Å². The van der Waals surface area contributed by atoms with E-state index >= 15 is 0 Å². The first-order valence-electron chi connectivity index (χ1n) is 6.90. The lowest BCUT2D eigenvalue weighted by Gasteiger charge is -2.23. The van der Waals surface area contributed by atoms with Crippen LogP contribution in [-0.4, -0.2) is 58.4 Å². The zero-order chi connectivity index (χ0) is 16.0. The molecule has 1 heterocycles. The third-order valence-corrected chi connectivity index (χ3v) is 7.10. The molecule has 0 aromatic carbocycles. The van der Waals surface area contributed by atoms with Gasteiger partial charge >= 0.3 is 0 Å². The van der Waals surface area contributed by atoms with Crippen molar-refractivity contribution in [3.63, 3.8) is 0 Å². The molecule has 21 heavy (non-hydrogen) atoms. The normalized spacial score (nSPS) is 12.5. The Kier molecular flexibility index (Phi) is 7.80. The molecule has 0 unspecified atom stereocenters. The van der Waals surface area contributed by atoms with Crippen LogP contribution in [0, 0.1) is 0 Å². The van der Waals surface area contributed by atoms with Crippen LogP contribution in [0.4, 0.5) is 0 Å². The molecule has 1 rings (SSSR count). The average molecular weight is 398 g/mol. The fourth-order valence-corrected chi connectivity index (χ4v) is 6.05. The maximum atomic E-state index is 12.8. The Balaban J connectivity index is 3.04. The highest BCUT2D eigenvalue weighted by Gasteiger charge is 2.27. The van der Waals surface area contributed by atoms with Crippen molar-refractivity contribution in [2.24, 2.45) is 0 Å². The Morgan fingerprint density at radius 1 is 1.29 bits per heavy atom. The van der Waals surface area contributed by atoms with Gasteiger partial charge in [-0.2, -0.15) is 4.31 Å². The van der Waals surface area contributed by atoms with Crippen LogP contribution in [0.2, 0.25) is 0 Å². The van der Waals surface area contributed by atoms with Gasteiger partial charge in [0.05, 0.1) is 3.79 Å². The first kappa shape index (κ1) is 19.1. The van der Waals surface area contributed by atoms with Crippen LogP contribution in [0.25, 0.3) is 0 Å². The lowest BCUT2D eigenvalue weighted by molar-refractivity contribution is 0.333. The standard InChI is InChI=1S/C13H24BrN3O2S2/c1-5-6-17(8-7-16(3)4)21(18,19)12-9-11(10-15-2)20-13(12)14/h9,15H,5-8,10H2,1-4H3. The summed E-state index contributed by atoms with van der Waals surface area (Å²) < 4.78 is 27.9. The van der Waals surface area contributed by atoms with E-state index in [0.717, 1.165) is 11.3 Å². The minimum Gasteiger partial charge on any atom is -0.315 e. The molecule has 0 spiro atoms. The van der Waals surface area contributed by atoms with Gasteiger partial charge in [0.1, 0.15) is 4.90 Å². The predicted molar refractivity (Wildman–Crippen MR) is 92.4 cm³/mol. The zero-order valence-electron chi connectivity index (χ0n) is 13.0. The molecule has 0 atom stereocenters. The molecule has 1 aromatic heterocycles. The molecular formula is C13H24BrN3O2S2. The Bertz CT molecular complexity index is 544. The van der Waals surface area contributed by atoms with Gasteiger partial charge in [-0.3, -0.25) is 0 Å². The Morgan fingerprint density at radius 2 is 1.95 bits per heavy atom. The van der Waals surface area contributed by atoms with E-state index < -0.39 is 10.0 Å². The number of nitrogens with one attached hydrogen (secondary N) is 1. The summed E-state index contributed by atoms with van der Waals surface area (Å²) >= 11 is 4.86. The minimum atomic E-state index is -3.44. The molecule has 0 amide bonds. The van der Waals surface area contributed by atoms with E-state index in [1.807, 2.05) is 33.0 Å². The Labute approximate surface area is 140 Å². The fourth-order valence-electron chi connectivity index (χ4n) is 1.89. The first-order chi connectivity index (χ1) is 9.82. The number of hydrogen-bond donors (Lipinski definition) is 1. The molecule has 0 aliphatic heterocycles. The van der Waals surface area contributed by atoms with E-state index in [1.165, 1.54) is 11.3 Å². The van der Waals surface area contributed by atoms with Crippen LogP contribution in [0.1, 0.15) is 18.2 Å². The van der Waals surface area contributed by atoms with Gasteiger partial charge in [0.2, 0.25) is 10.0 Å². The van der Waals surface area contributed by atoms with Crippen molar-refractivity contribution in [2.75, 3.05) is 40.8 Å². The van der Waals surface area contributed by atoms with E-state index in [0.29, 0.717) is 34.9 Å². The van der Waals surface area contributed by atoms with Gasteiger partial charge in [-0.1, -0.05) is 6.92 Å². The summed E-state index contributed by atoms with van der Waals surface area (Å²) in [5, 5.41) is 3.04. The second-order valence-electron chi connectivity index (χ2n) is 5.09. The van der Waals surface area contributed by atoms with Crippen molar-refractivity contribution in [2.45, 2.75) is 24.8 Å². The van der Waals surface area contributed by atoms with Gasteiger partial charge in [-0.05, 0) is 49.6 Å². The molecule has 0 aliphatic carbocycles. The first-order valence-corrected chi connectivity index (χ1v) is 9.95. The van der Waals surface area contributed by atoms with Crippen LogP contribution in [0.3, 0.4) is 0 Å². The highest BCUT2D eigenvalue weighted by molar-refractivity contribution is 9.11. The SMILES string of the molecule is CCCN(CCN(C)C)S(=O)(=O)c1cc(CNC)sc1Br. The van der Waals surface area contributed by atoms with Crippen molar-refractivity contribution in [1.29, 1.82) is 0 Å². The Morgan fingerprint density at radius 3 is 2.48 bits per heavy atom. The molecular weight excluding hydrogens is 374 g/mol. The topological polar surface area (TPSA) is 52.7 Å². The lowest BCUT2D eigenvalue weighted by Crippen LogP contribution is -2.37.